The molecule has 2 aromatic rings. The fourth-order valence-corrected chi connectivity index (χ4v) is 3.32. The van der Waals surface area contributed by atoms with Gasteiger partial charge in [0.25, 0.3) is 5.69 Å². The quantitative estimate of drug-likeness (QED) is 0.444. The maximum atomic E-state index is 12.2. The highest BCUT2D eigenvalue weighted by molar-refractivity contribution is 7.90. The lowest BCUT2D eigenvalue weighted by Crippen LogP contribution is -2.11. The second kappa shape index (κ2) is 7.20. The number of esters is 1. The predicted molar refractivity (Wildman–Crippen MR) is 91.5 cm³/mol. The summed E-state index contributed by atoms with van der Waals surface area (Å²) >= 11 is 6.04. The Balaban J connectivity index is 2.33. The number of benzene rings is 2. The van der Waals surface area contributed by atoms with Gasteiger partial charge in [-0.25, -0.2) is 13.2 Å². The zero-order chi connectivity index (χ0) is 18.8. The SMILES string of the molecule is C[C@H](OC(=O)c1ccc(S(C)(=O)=O)c([N+](=O)[O-])c1)c1ccccc1Cl. The Labute approximate surface area is 149 Å². The number of nitro benzene ring substituents is 1. The Morgan fingerprint density at radius 1 is 1.24 bits per heavy atom. The van der Waals surface area contributed by atoms with Crippen molar-refractivity contribution in [1.82, 2.24) is 0 Å². The molecule has 0 N–H and O–H groups in total. The second-order valence-electron chi connectivity index (χ2n) is 5.28. The van der Waals surface area contributed by atoms with Gasteiger partial charge in [0.05, 0.1) is 10.5 Å². The molecule has 1 atom stereocenters. The fourth-order valence-electron chi connectivity index (χ4n) is 2.20. The summed E-state index contributed by atoms with van der Waals surface area (Å²) in [5.41, 5.74) is -0.222. The summed E-state index contributed by atoms with van der Waals surface area (Å²) in [7, 11) is -3.80. The molecule has 7 nitrogen and oxygen atoms in total. The molecule has 0 aliphatic heterocycles. The summed E-state index contributed by atoms with van der Waals surface area (Å²) in [6.45, 7) is 1.61. The van der Waals surface area contributed by atoms with E-state index in [-0.39, 0.29) is 5.56 Å². The van der Waals surface area contributed by atoms with E-state index in [1.807, 2.05) is 0 Å². The molecule has 0 aliphatic carbocycles. The van der Waals surface area contributed by atoms with Crippen LogP contribution in [0.1, 0.15) is 28.9 Å². The van der Waals surface area contributed by atoms with E-state index in [2.05, 4.69) is 0 Å². The van der Waals surface area contributed by atoms with Crippen molar-refractivity contribution in [3.8, 4) is 0 Å². The zero-order valence-corrected chi connectivity index (χ0v) is 14.9. The highest BCUT2D eigenvalue weighted by Gasteiger charge is 2.25. The Hall–Kier alpha value is -2.45. The number of nitrogens with zero attached hydrogens (tertiary/aromatic N) is 1. The van der Waals surface area contributed by atoms with Gasteiger partial charge in [-0.3, -0.25) is 10.1 Å². The van der Waals surface area contributed by atoms with Crippen LogP contribution in [0.3, 0.4) is 0 Å². The van der Waals surface area contributed by atoms with E-state index in [4.69, 9.17) is 16.3 Å². The van der Waals surface area contributed by atoms with Crippen molar-refractivity contribution in [2.75, 3.05) is 6.26 Å². The van der Waals surface area contributed by atoms with Gasteiger partial charge in [0.2, 0.25) is 0 Å². The number of carbonyl (C=O) groups excluding carboxylic acids is 1. The number of hydrogen-bond donors (Lipinski definition) is 0. The maximum absolute atomic E-state index is 12.2. The summed E-state index contributed by atoms with van der Waals surface area (Å²) in [4.78, 5) is 22.0. The lowest BCUT2D eigenvalue weighted by molar-refractivity contribution is -0.387. The van der Waals surface area contributed by atoms with E-state index >= 15 is 0 Å². The highest BCUT2D eigenvalue weighted by Crippen LogP contribution is 2.28. The van der Waals surface area contributed by atoms with Crippen LogP contribution in [-0.4, -0.2) is 25.6 Å². The Morgan fingerprint density at radius 3 is 2.44 bits per heavy atom. The summed E-state index contributed by atoms with van der Waals surface area (Å²) < 4.78 is 28.5. The average Bonchev–Trinajstić information content (AvgIpc) is 2.53. The lowest BCUT2D eigenvalue weighted by Gasteiger charge is -2.15. The largest absolute Gasteiger partial charge is 0.454 e. The molecule has 0 saturated heterocycles. The topological polar surface area (TPSA) is 104 Å². The molecule has 0 aliphatic rings. The van der Waals surface area contributed by atoms with Crippen LogP contribution in [0, 0.1) is 10.1 Å². The molecule has 0 heterocycles. The van der Waals surface area contributed by atoms with Crippen molar-refractivity contribution < 1.29 is 22.9 Å². The van der Waals surface area contributed by atoms with Crippen molar-refractivity contribution >= 4 is 33.1 Å². The molecule has 0 saturated carbocycles. The van der Waals surface area contributed by atoms with Gasteiger partial charge < -0.3 is 4.74 Å². The highest BCUT2D eigenvalue weighted by atomic mass is 35.5. The van der Waals surface area contributed by atoms with Crippen LogP contribution in [0.5, 0.6) is 0 Å². The Bertz CT molecular complexity index is 941. The van der Waals surface area contributed by atoms with Gasteiger partial charge in [0.1, 0.15) is 11.0 Å². The van der Waals surface area contributed by atoms with Crippen molar-refractivity contribution in [2.24, 2.45) is 0 Å². The van der Waals surface area contributed by atoms with Gasteiger partial charge in [0, 0.05) is 22.9 Å². The van der Waals surface area contributed by atoms with Crippen LogP contribution < -0.4 is 0 Å². The molecule has 0 unspecified atom stereocenters. The van der Waals surface area contributed by atoms with E-state index in [1.165, 1.54) is 6.07 Å². The lowest BCUT2D eigenvalue weighted by atomic mass is 10.1. The van der Waals surface area contributed by atoms with E-state index in [0.29, 0.717) is 10.6 Å². The van der Waals surface area contributed by atoms with Gasteiger partial charge in [0.15, 0.2) is 9.84 Å². The Morgan fingerprint density at radius 2 is 1.88 bits per heavy atom. The van der Waals surface area contributed by atoms with Crippen molar-refractivity contribution in [3.05, 3.63) is 68.7 Å². The number of halogens is 1. The van der Waals surface area contributed by atoms with Crippen molar-refractivity contribution in [3.63, 3.8) is 0 Å². The molecule has 0 spiro atoms. The smallest absolute Gasteiger partial charge is 0.338 e. The first-order chi connectivity index (χ1) is 11.6. The van der Waals surface area contributed by atoms with Crippen LogP contribution in [-0.2, 0) is 14.6 Å². The summed E-state index contributed by atoms with van der Waals surface area (Å²) in [5.74, 6) is -0.824. The molecule has 0 bridgehead atoms. The molecular weight excluding hydrogens is 370 g/mol. The van der Waals surface area contributed by atoms with E-state index in [0.717, 1.165) is 18.4 Å². The molecule has 0 radical (unpaired) electrons. The monoisotopic (exact) mass is 383 g/mol. The number of rotatable bonds is 5. The molecule has 0 fully saturated rings. The third kappa shape index (κ3) is 4.34. The van der Waals surface area contributed by atoms with Gasteiger partial charge in [-0.15, -0.1) is 0 Å². The number of carbonyl (C=O) groups is 1. The third-order valence-electron chi connectivity index (χ3n) is 3.42. The number of ether oxygens (including phenoxy) is 1. The molecular formula is C16H14ClNO6S. The van der Waals surface area contributed by atoms with Crippen LogP contribution >= 0.6 is 11.6 Å². The first-order valence-electron chi connectivity index (χ1n) is 7.05. The second-order valence-corrected chi connectivity index (χ2v) is 7.67. The van der Waals surface area contributed by atoms with Crippen molar-refractivity contribution in [1.29, 1.82) is 0 Å². The summed E-state index contributed by atoms with van der Waals surface area (Å²) in [6.07, 6.45) is 0.169. The standard InChI is InChI=1S/C16H14ClNO6S/c1-10(12-5-3-4-6-13(12)17)24-16(19)11-7-8-15(25(2,22)23)14(9-11)18(20)21/h3-10H,1-2H3/t10-/m0/s1. The molecule has 132 valence electrons. The third-order valence-corrected chi connectivity index (χ3v) is 4.91. The molecule has 25 heavy (non-hydrogen) atoms. The molecule has 0 amide bonds. The first-order valence-corrected chi connectivity index (χ1v) is 9.32. The van der Waals surface area contributed by atoms with E-state index < -0.39 is 37.4 Å². The van der Waals surface area contributed by atoms with E-state index in [9.17, 15) is 23.3 Å². The Kier molecular flexibility index (Phi) is 5.44. The molecule has 0 aromatic heterocycles. The maximum Gasteiger partial charge on any atom is 0.338 e. The minimum absolute atomic E-state index is 0.127. The zero-order valence-electron chi connectivity index (χ0n) is 13.3. The summed E-state index contributed by atoms with van der Waals surface area (Å²) in [5, 5.41) is 11.5. The number of nitro groups is 1. The van der Waals surface area contributed by atoms with Gasteiger partial charge in [-0.1, -0.05) is 29.8 Å². The minimum Gasteiger partial charge on any atom is -0.454 e. The average molecular weight is 384 g/mol. The number of sulfone groups is 1. The van der Waals surface area contributed by atoms with Crippen LogP contribution in [0.25, 0.3) is 0 Å². The van der Waals surface area contributed by atoms with Crippen LogP contribution in [0.4, 0.5) is 5.69 Å². The number of hydrogen-bond acceptors (Lipinski definition) is 6. The van der Waals surface area contributed by atoms with E-state index in [1.54, 1.807) is 31.2 Å². The van der Waals surface area contributed by atoms with Crippen LogP contribution in [0.2, 0.25) is 5.02 Å². The molecule has 2 aromatic carbocycles. The molecule has 2 rings (SSSR count). The molecule has 9 heteroatoms. The first kappa shape index (κ1) is 18.9. The van der Waals surface area contributed by atoms with Gasteiger partial charge in [-0.2, -0.15) is 0 Å². The summed E-state index contributed by atoms with van der Waals surface area (Å²) in [6, 6.07) is 9.88. The van der Waals surface area contributed by atoms with Gasteiger partial charge in [-0.05, 0) is 25.1 Å². The predicted octanol–water partition coefficient (Wildman–Crippen LogP) is 3.57. The van der Waals surface area contributed by atoms with Crippen LogP contribution in [0.15, 0.2) is 47.4 Å². The van der Waals surface area contributed by atoms with Crippen molar-refractivity contribution in [2.45, 2.75) is 17.9 Å². The fraction of sp³-hybridized carbons (Fsp3) is 0.188. The minimum atomic E-state index is -3.80. The van der Waals surface area contributed by atoms with Gasteiger partial charge >= 0.3 is 5.97 Å². The normalized spacial score (nSPS) is 12.4.